The Kier molecular flexibility index (Phi) is 52.3. The van der Waals surface area contributed by atoms with Gasteiger partial charge in [-0.15, -0.1) is 0 Å². The van der Waals surface area contributed by atoms with Crippen molar-refractivity contribution in [3.63, 3.8) is 0 Å². The molecule has 7 atom stereocenters. The monoisotopic (exact) mass is 1070 g/mol. The van der Waals surface area contributed by atoms with Crippen LogP contribution in [0, 0.1) is 0 Å². The van der Waals surface area contributed by atoms with Crippen LogP contribution in [0.3, 0.4) is 0 Å². The molecule has 440 valence electrons. The lowest BCUT2D eigenvalue weighted by Crippen LogP contribution is -2.60. The van der Waals surface area contributed by atoms with Crippen LogP contribution in [0.4, 0.5) is 0 Å². The summed E-state index contributed by atoms with van der Waals surface area (Å²) in [6, 6.07) is -0.808. The summed E-state index contributed by atoms with van der Waals surface area (Å²) in [4.78, 5) is 13.1. The predicted octanol–water partition coefficient (Wildman–Crippen LogP) is 16.6. The van der Waals surface area contributed by atoms with Crippen LogP contribution in [0.15, 0.2) is 85.1 Å². The smallest absolute Gasteiger partial charge is 0.220 e. The number of allylic oxidation sites excluding steroid dienone is 13. The molecule has 0 saturated carbocycles. The molecule has 1 aliphatic heterocycles. The van der Waals surface area contributed by atoms with Crippen LogP contribution in [0.2, 0.25) is 0 Å². The second-order valence-corrected chi connectivity index (χ2v) is 21.8. The molecular formula is C67H119NO8. The van der Waals surface area contributed by atoms with Crippen molar-refractivity contribution in [1.29, 1.82) is 0 Å². The zero-order valence-electron chi connectivity index (χ0n) is 49.0. The van der Waals surface area contributed by atoms with Gasteiger partial charge in [0.1, 0.15) is 24.4 Å². The number of hydrogen-bond donors (Lipinski definition) is 6. The Morgan fingerprint density at radius 2 is 0.816 bits per heavy atom. The highest BCUT2D eigenvalue weighted by molar-refractivity contribution is 5.76. The summed E-state index contributed by atoms with van der Waals surface area (Å²) in [5.74, 6) is -0.176. The Morgan fingerprint density at radius 3 is 1.21 bits per heavy atom. The van der Waals surface area contributed by atoms with Gasteiger partial charge in [-0.25, -0.2) is 0 Å². The largest absolute Gasteiger partial charge is 0.394 e. The van der Waals surface area contributed by atoms with Gasteiger partial charge in [-0.2, -0.15) is 0 Å². The van der Waals surface area contributed by atoms with E-state index >= 15 is 0 Å². The number of hydrogen-bond acceptors (Lipinski definition) is 8. The van der Waals surface area contributed by atoms with Gasteiger partial charge in [-0.1, -0.05) is 285 Å². The van der Waals surface area contributed by atoms with Gasteiger partial charge in [0.15, 0.2) is 6.29 Å². The van der Waals surface area contributed by atoms with Gasteiger partial charge >= 0.3 is 0 Å². The average molecular weight is 1070 g/mol. The van der Waals surface area contributed by atoms with Crippen LogP contribution in [0.25, 0.3) is 0 Å². The Hall–Kier alpha value is -2.63. The normalized spacial score (nSPS) is 19.4. The third-order valence-corrected chi connectivity index (χ3v) is 14.7. The van der Waals surface area contributed by atoms with E-state index < -0.39 is 49.5 Å². The summed E-state index contributed by atoms with van der Waals surface area (Å²) in [6.07, 6.45) is 72.3. The molecule has 0 aromatic rings. The quantitative estimate of drug-likeness (QED) is 0.0261. The summed E-state index contributed by atoms with van der Waals surface area (Å²) in [5.41, 5.74) is 0. The molecule has 1 amide bonds. The predicted molar refractivity (Wildman–Crippen MR) is 322 cm³/mol. The molecule has 0 aliphatic carbocycles. The second kappa shape index (κ2) is 55.7. The standard InChI is InChI=1S/C67H119NO8/c1-3-5-7-9-11-13-15-17-19-21-23-24-25-26-27-28-29-30-31-32-33-34-35-36-37-38-39-41-43-45-47-49-51-53-55-57-63(71)68-60(59-75-67-66(74)65(73)64(72)62(58-69)76-67)61(70)56-54-52-50-48-46-44-42-40-22-20-18-16-14-12-10-8-6-4-2/h5,7,11,13,17,19,23-24,26-27,29-30,54,56,60-62,64-67,69-70,72-74H,3-4,6,8-10,12,14-16,18,20-22,25,28,31-53,55,57-59H2,1-2H3,(H,68,71)/b7-5-,13-11-,19-17-,24-23-,27-26-,30-29-,56-54+. The van der Waals surface area contributed by atoms with E-state index in [1.807, 2.05) is 6.08 Å². The molecule has 76 heavy (non-hydrogen) atoms. The zero-order chi connectivity index (χ0) is 55.0. The van der Waals surface area contributed by atoms with Gasteiger partial charge in [0.05, 0.1) is 25.4 Å². The van der Waals surface area contributed by atoms with Crippen LogP contribution >= 0.6 is 0 Å². The number of amides is 1. The van der Waals surface area contributed by atoms with Crippen LogP contribution in [-0.4, -0.2) is 87.5 Å². The summed E-state index contributed by atoms with van der Waals surface area (Å²) in [7, 11) is 0. The van der Waals surface area contributed by atoms with Crippen molar-refractivity contribution in [2.45, 2.75) is 320 Å². The van der Waals surface area contributed by atoms with Gasteiger partial charge in [0, 0.05) is 6.42 Å². The lowest BCUT2D eigenvalue weighted by molar-refractivity contribution is -0.302. The fourth-order valence-corrected chi connectivity index (χ4v) is 9.75. The Bertz CT molecular complexity index is 1470. The molecule has 0 aromatic heterocycles. The Labute approximate surface area is 467 Å². The first-order valence-electron chi connectivity index (χ1n) is 31.8. The first-order chi connectivity index (χ1) is 37.3. The number of rotatable bonds is 54. The van der Waals surface area contributed by atoms with Crippen molar-refractivity contribution in [3.8, 4) is 0 Å². The lowest BCUT2D eigenvalue weighted by atomic mass is 9.99. The topological polar surface area (TPSA) is 149 Å². The van der Waals surface area contributed by atoms with Crippen LogP contribution in [-0.2, 0) is 14.3 Å². The summed E-state index contributed by atoms with van der Waals surface area (Å²) < 4.78 is 11.3. The maximum Gasteiger partial charge on any atom is 0.220 e. The third kappa shape index (κ3) is 44.2. The van der Waals surface area contributed by atoms with E-state index in [0.29, 0.717) is 6.42 Å². The first kappa shape index (κ1) is 71.4. The van der Waals surface area contributed by atoms with Gasteiger partial charge in [-0.3, -0.25) is 4.79 Å². The van der Waals surface area contributed by atoms with Crippen molar-refractivity contribution in [1.82, 2.24) is 5.32 Å². The maximum atomic E-state index is 13.1. The number of aliphatic hydroxyl groups is 5. The van der Waals surface area contributed by atoms with E-state index in [4.69, 9.17) is 9.47 Å². The number of carbonyl (C=O) groups excluding carboxylic acids is 1. The van der Waals surface area contributed by atoms with E-state index in [0.717, 1.165) is 77.0 Å². The van der Waals surface area contributed by atoms with Crippen LogP contribution < -0.4 is 5.32 Å². The molecule has 0 aromatic carbocycles. The molecule has 1 rings (SSSR count). The van der Waals surface area contributed by atoms with Crippen molar-refractivity contribution in [2.75, 3.05) is 13.2 Å². The molecule has 6 N–H and O–H groups in total. The van der Waals surface area contributed by atoms with Gasteiger partial charge in [0.2, 0.25) is 5.91 Å². The van der Waals surface area contributed by atoms with Crippen molar-refractivity contribution < 1.29 is 39.8 Å². The van der Waals surface area contributed by atoms with Crippen molar-refractivity contribution in [3.05, 3.63) is 85.1 Å². The molecule has 1 aliphatic rings. The van der Waals surface area contributed by atoms with Crippen LogP contribution in [0.5, 0.6) is 0 Å². The first-order valence-corrected chi connectivity index (χ1v) is 31.8. The highest BCUT2D eigenvalue weighted by Crippen LogP contribution is 2.23. The molecule has 1 fully saturated rings. The fraction of sp³-hybridized carbons (Fsp3) is 0.776. The SMILES string of the molecule is CC/C=C\C/C=C\C/C=C\C/C=C\C/C=C\C/C=C\CCCCCCCCCCCCCCCCCCC(=O)NC(COC1OC(CO)C(O)C(O)C1O)C(O)/C=C/CCCCCCCCCCCCCCCCCC. The molecule has 1 saturated heterocycles. The van der Waals surface area contributed by atoms with Crippen LogP contribution in [0.1, 0.15) is 277 Å². The number of aliphatic hydroxyl groups excluding tert-OH is 5. The minimum atomic E-state index is -1.57. The summed E-state index contributed by atoms with van der Waals surface area (Å²) >= 11 is 0. The highest BCUT2D eigenvalue weighted by Gasteiger charge is 2.44. The molecule has 0 spiro atoms. The number of unbranched alkanes of at least 4 members (excludes halogenated alkanes) is 32. The summed E-state index contributed by atoms with van der Waals surface area (Å²) in [5, 5.41) is 54.6. The molecule has 9 nitrogen and oxygen atoms in total. The number of ether oxygens (including phenoxy) is 2. The van der Waals surface area contributed by atoms with E-state index in [9.17, 15) is 30.3 Å². The number of nitrogens with one attached hydrogen (secondary N) is 1. The highest BCUT2D eigenvalue weighted by atomic mass is 16.7. The minimum Gasteiger partial charge on any atom is -0.394 e. The molecule has 1 heterocycles. The fourth-order valence-electron chi connectivity index (χ4n) is 9.75. The number of carbonyl (C=O) groups is 1. The average Bonchev–Trinajstić information content (AvgIpc) is 3.42. The Morgan fingerprint density at radius 1 is 0.461 bits per heavy atom. The zero-order valence-corrected chi connectivity index (χ0v) is 49.0. The minimum absolute atomic E-state index is 0.176. The third-order valence-electron chi connectivity index (χ3n) is 14.7. The van der Waals surface area contributed by atoms with Crippen molar-refractivity contribution >= 4 is 5.91 Å². The van der Waals surface area contributed by atoms with Gasteiger partial charge in [0.25, 0.3) is 0 Å². The van der Waals surface area contributed by atoms with Gasteiger partial charge in [-0.05, 0) is 70.6 Å². The Balaban J connectivity index is 2.14. The molecular weight excluding hydrogens is 947 g/mol. The van der Waals surface area contributed by atoms with Gasteiger partial charge < -0.3 is 40.3 Å². The molecule has 0 bridgehead atoms. The molecule has 9 heteroatoms. The van der Waals surface area contributed by atoms with Crippen molar-refractivity contribution in [2.24, 2.45) is 0 Å². The molecule has 7 unspecified atom stereocenters. The van der Waals surface area contributed by atoms with E-state index in [1.165, 1.54) is 180 Å². The maximum absolute atomic E-state index is 13.1. The van der Waals surface area contributed by atoms with E-state index in [2.05, 4.69) is 92.1 Å². The van der Waals surface area contributed by atoms with E-state index in [1.54, 1.807) is 6.08 Å². The second-order valence-electron chi connectivity index (χ2n) is 21.8. The summed E-state index contributed by atoms with van der Waals surface area (Å²) in [6.45, 7) is 3.68. The van der Waals surface area contributed by atoms with E-state index in [-0.39, 0.29) is 12.5 Å². The lowest BCUT2D eigenvalue weighted by Gasteiger charge is -2.40. The molecule has 0 radical (unpaired) electrons.